The molecule has 0 unspecified atom stereocenters. The average molecular weight is 333 g/mol. The molecular formula is C19H19N5O. The number of carbonyl (C=O) groups is 1. The second kappa shape index (κ2) is 6.39. The van der Waals surface area contributed by atoms with E-state index in [0.717, 1.165) is 24.2 Å². The first kappa shape index (κ1) is 15.4. The maximum Gasteiger partial charge on any atom is 0.312 e. The van der Waals surface area contributed by atoms with Crippen LogP contribution in [0, 0.1) is 0 Å². The number of hydrogen-bond acceptors (Lipinski definition) is 4. The van der Waals surface area contributed by atoms with Gasteiger partial charge in [0.1, 0.15) is 0 Å². The standard InChI is InChI=1S/C19H19N5O/c20-18(25)22-16-8-10-24(12-16)19-21-9-7-17(23-19)15-6-5-13-3-1-2-4-14(13)11-15/h1-7,9,11,16H,8,10,12H2,(H3,20,22,25)/t16-/m1/s1. The molecule has 2 amide bonds. The van der Waals surface area contributed by atoms with E-state index in [2.05, 4.69) is 45.5 Å². The third-order valence-electron chi connectivity index (χ3n) is 4.51. The Morgan fingerprint density at radius 3 is 2.84 bits per heavy atom. The van der Waals surface area contributed by atoms with E-state index in [1.165, 1.54) is 10.8 Å². The Balaban J connectivity index is 1.59. The van der Waals surface area contributed by atoms with Gasteiger partial charge in [0.25, 0.3) is 0 Å². The Morgan fingerprint density at radius 1 is 1.16 bits per heavy atom. The van der Waals surface area contributed by atoms with Crippen LogP contribution in [0.3, 0.4) is 0 Å². The molecule has 126 valence electrons. The van der Waals surface area contributed by atoms with Gasteiger partial charge in [-0.15, -0.1) is 0 Å². The van der Waals surface area contributed by atoms with E-state index in [1.54, 1.807) is 6.20 Å². The fourth-order valence-electron chi connectivity index (χ4n) is 3.27. The van der Waals surface area contributed by atoms with E-state index in [4.69, 9.17) is 10.7 Å². The third kappa shape index (κ3) is 3.24. The summed E-state index contributed by atoms with van der Waals surface area (Å²) in [6.45, 7) is 1.47. The van der Waals surface area contributed by atoms with Crippen molar-refractivity contribution in [1.29, 1.82) is 0 Å². The lowest BCUT2D eigenvalue weighted by Crippen LogP contribution is -2.40. The van der Waals surface area contributed by atoms with E-state index in [1.807, 2.05) is 18.2 Å². The monoisotopic (exact) mass is 333 g/mol. The quantitative estimate of drug-likeness (QED) is 0.771. The van der Waals surface area contributed by atoms with Crippen LogP contribution in [0.2, 0.25) is 0 Å². The van der Waals surface area contributed by atoms with Gasteiger partial charge in [-0.2, -0.15) is 0 Å². The molecule has 0 radical (unpaired) electrons. The van der Waals surface area contributed by atoms with E-state index in [9.17, 15) is 4.79 Å². The summed E-state index contributed by atoms with van der Waals surface area (Å²) in [7, 11) is 0. The minimum absolute atomic E-state index is 0.0467. The number of amides is 2. The highest BCUT2D eigenvalue weighted by Crippen LogP contribution is 2.25. The van der Waals surface area contributed by atoms with Gasteiger partial charge < -0.3 is 16.0 Å². The van der Waals surface area contributed by atoms with E-state index in [0.29, 0.717) is 12.5 Å². The molecule has 1 aliphatic heterocycles. The number of anilines is 1. The first-order chi connectivity index (χ1) is 12.2. The zero-order chi connectivity index (χ0) is 17.2. The Kier molecular flexibility index (Phi) is 3.93. The lowest BCUT2D eigenvalue weighted by atomic mass is 10.1. The van der Waals surface area contributed by atoms with Gasteiger partial charge in [-0.1, -0.05) is 36.4 Å². The van der Waals surface area contributed by atoms with E-state index in [-0.39, 0.29) is 6.04 Å². The van der Waals surface area contributed by atoms with Gasteiger partial charge in [0, 0.05) is 30.9 Å². The molecule has 1 atom stereocenters. The molecule has 4 rings (SSSR count). The van der Waals surface area contributed by atoms with Crippen LogP contribution < -0.4 is 16.0 Å². The number of nitrogens with zero attached hydrogens (tertiary/aromatic N) is 3. The number of urea groups is 1. The topological polar surface area (TPSA) is 84.1 Å². The minimum atomic E-state index is -0.488. The fourth-order valence-corrected chi connectivity index (χ4v) is 3.27. The van der Waals surface area contributed by atoms with Crippen LogP contribution in [0.5, 0.6) is 0 Å². The smallest absolute Gasteiger partial charge is 0.312 e. The summed E-state index contributed by atoms with van der Waals surface area (Å²) in [5.74, 6) is 0.680. The summed E-state index contributed by atoms with van der Waals surface area (Å²) in [5, 5.41) is 5.15. The van der Waals surface area contributed by atoms with Gasteiger partial charge in [-0.25, -0.2) is 14.8 Å². The summed E-state index contributed by atoms with van der Waals surface area (Å²) in [6.07, 6.45) is 2.62. The first-order valence-electron chi connectivity index (χ1n) is 8.32. The summed E-state index contributed by atoms with van der Waals surface area (Å²) >= 11 is 0. The number of rotatable bonds is 3. The van der Waals surface area contributed by atoms with Crippen LogP contribution in [0.4, 0.5) is 10.7 Å². The Bertz CT molecular complexity index is 926. The predicted molar refractivity (Wildman–Crippen MR) is 98.3 cm³/mol. The highest BCUT2D eigenvalue weighted by Gasteiger charge is 2.25. The van der Waals surface area contributed by atoms with Crippen LogP contribution in [0.1, 0.15) is 6.42 Å². The Labute approximate surface area is 145 Å². The summed E-state index contributed by atoms with van der Waals surface area (Å²) in [6, 6.07) is 16.1. The van der Waals surface area contributed by atoms with Crippen molar-refractivity contribution in [1.82, 2.24) is 15.3 Å². The second-order valence-electron chi connectivity index (χ2n) is 6.24. The number of carbonyl (C=O) groups excluding carboxylic acids is 1. The highest BCUT2D eigenvalue weighted by molar-refractivity contribution is 5.86. The molecule has 3 aromatic rings. The molecule has 6 heteroatoms. The van der Waals surface area contributed by atoms with Gasteiger partial charge >= 0.3 is 6.03 Å². The van der Waals surface area contributed by atoms with E-state index >= 15 is 0 Å². The van der Waals surface area contributed by atoms with Crippen LogP contribution in [0.25, 0.3) is 22.0 Å². The van der Waals surface area contributed by atoms with Gasteiger partial charge in [0.05, 0.1) is 5.69 Å². The van der Waals surface area contributed by atoms with Gasteiger partial charge in [0.2, 0.25) is 5.95 Å². The molecule has 1 aliphatic rings. The molecule has 1 fully saturated rings. The fraction of sp³-hybridized carbons (Fsp3) is 0.211. The number of nitrogens with one attached hydrogen (secondary N) is 1. The Hall–Kier alpha value is -3.15. The molecule has 1 aromatic heterocycles. The molecule has 0 aliphatic carbocycles. The van der Waals surface area contributed by atoms with Crippen LogP contribution in [-0.2, 0) is 0 Å². The zero-order valence-corrected chi connectivity index (χ0v) is 13.7. The van der Waals surface area contributed by atoms with Gasteiger partial charge in [-0.05, 0) is 29.3 Å². The van der Waals surface area contributed by atoms with Crippen molar-refractivity contribution in [3.05, 3.63) is 54.7 Å². The highest BCUT2D eigenvalue weighted by atomic mass is 16.2. The number of nitrogens with two attached hydrogens (primary N) is 1. The molecule has 0 bridgehead atoms. The van der Waals surface area contributed by atoms with Crippen molar-refractivity contribution in [2.24, 2.45) is 5.73 Å². The third-order valence-corrected chi connectivity index (χ3v) is 4.51. The maximum absolute atomic E-state index is 11.0. The van der Waals surface area contributed by atoms with Crippen molar-refractivity contribution < 1.29 is 4.79 Å². The molecule has 3 N–H and O–H groups in total. The number of aromatic nitrogens is 2. The number of fused-ring (bicyclic) bond motifs is 1. The summed E-state index contributed by atoms with van der Waals surface area (Å²) in [5.41, 5.74) is 7.16. The first-order valence-corrected chi connectivity index (χ1v) is 8.32. The minimum Gasteiger partial charge on any atom is -0.352 e. The van der Waals surface area contributed by atoms with Crippen molar-refractivity contribution >= 4 is 22.8 Å². The molecule has 2 heterocycles. The largest absolute Gasteiger partial charge is 0.352 e. The molecule has 0 saturated carbocycles. The number of benzene rings is 2. The molecule has 0 spiro atoms. The molecule has 1 saturated heterocycles. The molecular weight excluding hydrogens is 314 g/mol. The molecule has 25 heavy (non-hydrogen) atoms. The zero-order valence-electron chi connectivity index (χ0n) is 13.7. The maximum atomic E-state index is 11.0. The summed E-state index contributed by atoms with van der Waals surface area (Å²) in [4.78, 5) is 22.2. The predicted octanol–water partition coefficient (Wildman–Crippen LogP) is 2.54. The van der Waals surface area contributed by atoms with Crippen LogP contribution >= 0.6 is 0 Å². The Morgan fingerprint density at radius 2 is 2.00 bits per heavy atom. The second-order valence-corrected chi connectivity index (χ2v) is 6.24. The summed E-state index contributed by atoms with van der Waals surface area (Å²) < 4.78 is 0. The van der Waals surface area contributed by atoms with Gasteiger partial charge in [0.15, 0.2) is 0 Å². The van der Waals surface area contributed by atoms with Gasteiger partial charge in [-0.3, -0.25) is 0 Å². The molecule has 2 aromatic carbocycles. The van der Waals surface area contributed by atoms with Crippen LogP contribution in [-0.4, -0.2) is 35.1 Å². The van der Waals surface area contributed by atoms with Crippen LogP contribution in [0.15, 0.2) is 54.7 Å². The van der Waals surface area contributed by atoms with Crippen molar-refractivity contribution in [3.63, 3.8) is 0 Å². The van der Waals surface area contributed by atoms with Crippen molar-refractivity contribution in [3.8, 4) is 11.3 Å². The average Bonchev–Trinajstić information content (AvgIpc) is 3.09. The van der Waals surface area contributed by atoms with Crippen molar-refractivity contribution in [2.45, 2.75) is 12.5 Å². The number of primary amides is 1. The molecule has 6 nitrogen and oxygen atoms in total. The number of hydrogen-bond donors (Lipinski definition) is 2. The lowest BCUT2D eigenvalue weighted by Gasteiger charge is -2.17. The van der Waals surface area contributed by atoms with Crippen molar-refractivity contribution in [2.75, 3.05) is 18.0 Å². The van der Waals surface area contributed by atoms with E-state index < -0.39 is 6.03 Å². The normalized spacial score (nSPS) is 17.0. The lowest BCUT2D eigenvalue weighted by molar-refractivity contribution is 0.246. The SMILES string of the molecule is NC(=O)N[C@@H]1CCN(c2nccc(-c3ccc4ccccc4c3)n2)C1.